The molecule has 0 saturated heterocycles. The van der Waals surface area contributed by atoms with Crippen molar-refractivity contribution < 1.29 is 15.3 Å². The summed E-state index contributed by atoms with van der Waals surface area (Å²) in [6.07, 6.45) is 0. The highest BCUT2D eigenvalue weighted by molar-refractivity contribution is 9.10. The second-order valence-electron chi connectivity index (χ2n) is 4.86. The predicted molar refractivity (Wildman–Crippen MR) is 82.0 cm³/mol. The highest BCUT2D eigenvalue weighted by atomic mass is 79.9. The van der Waals surface area contributed by atoms with Crippen LogP contribution < -0.4 is 5.32 Å². The Morgan fingerprint density at radius 2 is 1.75 bits per heavy atom. The summed E-state index contributed by atoms with van der Waals surface area (Å²) in [6.45, 7) is 1.60. The average Bonchev–Trinajstić information content (AvgIpc) is 2.37. The minimum absolute atomic E-state index is 0.0456. The lowest BCUT2D eigenvalue weighted by Crippen LogP contribution is -2.35. The third-order valence-electron chi connectivity index (χ3n) is 3.10. The maximum absolute atomic E-state index is 9.71. The number of aliphatic hydroxyl groups excluding tert-OH is 1. The summed E-state index contributed by atoms with van der Waals surface area (Å²) < 4.78 is 0.918. The molecule has 4 N–H and O–H groups in total. The summed E-state index contributed by atoms with van der Waals surface area (Å²) in [4.78, 5) is 0. The van der Waals surface area contributed by atoms with E-state index in [0.717, 1.165) is 10.2 Å². The van der Waals surface area contributed by atoms with Gasteiger partial charge in [-0.05, 0) is 42.8 Å². The number of halogens is 1. The first-order valence-corrected chi connectivity index (χ1v) is 6.90. The highest BCUT2D eigenvalue weighted by Crippen LogP contribution is 2.32. The van der Waals surface area contributed by atoms with Crippen LogP contribution in [0.4, 0.5) is 5.69 Å². The van der Waals surface area contributed by atoms with Crippen LogP contribution in [0, 0.1) is 0 Å². The lowest BCUT2D eigenvalue weighted by atomic mass is 9.92. The van der Waals surface area contributed by atoms with Gasteiger partial charge in [0.1, 0.15) is 11.5 Å². The largest absolute Gasteiger partial charge is 0.508 e. The third-order valence-corrected chi connectivity index (χ3v) is 3.59. The number of aliphatic hydroxyl groups is 1. The number of hydrogen-bond donors (Lipinski definition) is 4. The van der Waals surface area contributed by atoms with Crippen molar-refractivity contribution in [2.45, 2.75) is 12.5 Å². The van der Waals surface area contributed by atoms with Gasteiger partial charge in [0.15, 0.2) is 0 Å². The molecule has 20 heavy (non-hydrogen) atoms. The Morgan fingerprint density at radius 1 is 1.10 bits per heavy atom. The van der Waals surface area contributed by atoms with Crippen molar-refractivity contribution in [1.29, 1.82) is 0 Å². The second-order valence-corrected chi connectivity index (χ2v) is 5.78. The molecular formula is C15H16BrNO3. The van der Waals surface area contributed by atoms with Crippen LogP contribution in [0.25, 0.3) is 0 Å². The van der Waals surface area contributed by atoms with Gasteiger partial charge >= 0.3 is 0 Å². The van der Waals surface area contributed by atoms with Gasteiger partial charge in [-0.3, -0.25) is 0 Å². The van der Waals surface area contributed by atoms with Crippen molar-refractivity contribution in [1.82, 2.24) is 0 Å². The van der Waals surface area contributed by atoms with Crippen molar-refractivity contribution in [2.24, 2.45) is 0 Å². The summed E-state index contributed by atoms with van der Waals surface area (Å²) in [5.74, 6) is -0.0913. The molecule has 0 fully saturated rings. The molecule has 0 heterocycles. The van der Waals surface area contributed by atoms with Gasteiger partial charge < -0.3 is 20.6 Å². The van der Waals surface area contributed by atoms with E-state index in [-0.39, 0.29) is 18.1 Å². The Balaban J connectivity index is 2.37. The normalized spacial score (nSPS) is 13.8. The molecule has 1 atom stereocenters. The number of phenolic OH excluding ortho intramolecular Hbond substituents is 2. The quantitative estimate of drug-likeness (QED) is 0.691. The Bertz CT molecular complexity index is 598. The van der Waals surface area contributed by atoms with Crippen LogP contribution in [0.15, 0.2) is 46.9 Å². The molecule has 0 saturated carbocycles. The van der Waals surface area contributed by atoms with Crippen molar-refractivity contribution in [3.05, 3.63) is 52.5 Å². The molecule has 106 valence electrons. The van der Waals surface area contributed by atoms with Gasteiger partial charge in [0.25, 0.3) is 0 Å². The number of benzene rings is 2. The molecular weight excluding hydrogens is 322 g/mol. The lowest BCUT2D eigenvalue weighted by molar-refractivity contribution is 0.223. The average molecular weight is 338 g/mol. The molecule has 0 spiro atoms. The number of aromatic hydroxyl groups is 2. The van der Waals surface area contributed by atoms with Crippen LogP contribution in [-0.2, 0) is 5.54 Å². The van der Waals surface area contributed by atoms with Crippen molar-refractivity contribution >= 4 is 21.6 Å². The van der Waals surface area contributed by atoms with E-state index in [1.807, 2.05) is 24.3 Å². The molecule has 5 heteroatoms. The Hall–Kier alpha value is -1.72. The van der Waals surface area contributed by atoms with Crippen molar-refractivity contribution in [2.75, 3.05) is 11.9 Å². The molecule has 0 amide bonds. The Morgan fingerprint density at radius 3 is 2.30 bits per heavy atom. The number of nitrogens with one attached hydrogen (secondary N) is 1. The van der Waals surface area contributed by atoms with E-state index < -0.39 is 5.54 Å². The number of hydrogen-bond acceptors (Lipinski definition) is 4. The van der Waals surface area contributed by atoms with E-state index in [9.17, 15) is 15.3 Å². The lowest BCUT2D eigenvalue weighted by Gasteiger charge is -2.31. The van der Waals surface area contributed by atoms with Gasteiger partial charge in [0.2, 0.25) is 0 Å². The molecule has 0 bridgehead atoms. The van der Waals surface area contributed by atoms with Gasteiger partial charge in [-0.1, -0.05) is 22.0 Å². The zero-order valence-corrected chi connectivity index (χ0v) is 12.6. The van der Waals surface area contributed by atoms with Crippen molar-refractivity contribution in [3.8, 4) is 11.5 Å². The van der Waals surface area contributed by atoms with E-state index in [1.165, 1.54) is 18.2 Å². The maximum Gasteiger partial charge on any atom is 0.119 e. The molecule has 0 aromatic heterocycles. The maximum atomic E-state index is 9.71. The monoisotopic (exact) mass is 337 g/mol. The first-order chi connectivity index (χ1) is 9.43. The molecule has 0 radical (unpaired) electrons. The number of phenols is 2. The minimum atomic E-state index is -0.822. The van der Waals surface area contributed by atoms with Gasteiger partial charge in [0, 0.05) is 16.2 Å². The fraction of sp³-hybridized carbons (Fsp3) is 0.200. The molecule has 0 aliphatic heterocycles. The van der Waals surface area contributed by atoms with Crippen molar-refractivity contribution in [3.63, 3.8) is 0 Å². The van der Waals surface area contributed by atoms with Gasteiger partial charge in [-0.15, -0.1) is 0 Å². The summed E-state index contributed by atoms with van der Waals surface area (Å²) in [7, 11) is 0. The van der Waals surface area contributed by atoms with Gasteiger partial charge in [-0.2, -0.15) is 0 Å². The Kier molecular flexibility index (Phi) is 4.20. The van der Waals surface area contributed by atoms with Crippen LogP contribution in [-0.4, -0.2) is 21.9 Å². The molecule has 4 nitrogen and oxygen atoms in total. The first kappa shape index (κ1) is 14.7. The van der Waals surface area contributed by atoms with E-state index in [0.29, 0.717) is 5.56 Å². The zero-order chi connectivity index (χ0) is 14.8. The van der Waals surface area contributed by atoms with Gasteiger partial charge in [-0.25, -0.2) is 0 Å². The first-order valence-electron chi connectivity index (χ1n) is 6.11. The molecule has 2 aromatic carbocycles. The molecule has 2 aromatic rings. The van der Waals surface area contributed by atoms with E-state index in [4.69, 9.17) is 0 Å². The van der Waals surface area contributed by atoms with Crippen LogP contribution in [0.1, 0.15) is 12.5 Å². The number of anilines is 1. The van der Waals surface area contributed by atoms with Crippen LogP contribution in [0.2, 0.25) is 0 Å². The standard InChI is InChI=1S/C15H16BrNO3/c1-15(9-18,10-5-13(19)8-14(20)6-10)17-12-4-2-3-11(16)7-12/h2-8,17-20H,9H2,1H3. The van der Waals surface area contributed by atoms with E-state index in [2.05, 4.69) is 21.2 Å². The third kappa shape index (κ3) is 3.23. The molecule has 2 rings (SSSR count). The summed E-state index contributed by atoms with van der Waals surface area (Å²) in [5.41, 5.74) is 0.591. The fourth-order valence-corrected chi connectivity index (χ4v) is 2.40. The van der Waals surface area contributed by atoms with E-state index >= 15 is 0 Å². The summed E-state index contributed by atoms with van der Waals surface area (Å²) in [6, 6.07) is 11.8. The van der Waals surface area contributed by atoms with Gasteiger partial charge in [0.05, 0.1) is 12.1 Å². The summed E-state index contributed by atoms with van der Waals surface area (Å²) >= 11 is 3.39. The zero-order valence-electron chi connectivity index (χ0n) is 11.0. The van der Waals surface area contributed by atoms with Crippen LogP contribution in [0.5, 0.6) is 11.5 Å². The molecule has 0 aliphatic rings. The highest BCUT2D eigenvalue weighted by Gasteiger charge is 2.26. The SMILES string of the molecule is CC(CO)(Nc1cccc(Br)c1)c1cc(O)cc(O)c1. The van der Waals surface area contributed by atoms with Crippen LogP contribution in [0.3, 0.4) is 0 Å². The topological polar surface area (TPSA) is 72.7 Å². The molecule has 0 aliphatic carbocycles. The smallest absolute Gasteiger partial charge is 0.119 e. The predicted octanol–water partition coefficient (Wildman–Crippen LogP) is 3.18. The summed E-state index contributed by atoms with van der Waals surface area (Å²) in [5, 5.41) is 32.1. The molecule has 1 unspecified atom stereocenters. The Labute approximate surface area is 125 Å². The number of rotatable bonds is 4. The minimum Gasteiger partial charge on any atom is -0.508 e. The van der Waals surface area contributed by atoms with Crippen LogP contribution >= 0.6 is 15.9 Å². The van der Waals surface area contributed by atoms with E-state index in [1.54, 1.807) is 6.92 Å². The second kappa shape index (κ2) is 5.73. The fourth-order valence-electron chi connectivity index (χ4n) is 2.00.